The Morgan fingerprint density at radius 1 is 1.06 bits per heavy atom. The Kier molecular flexibility index (Phi) is 7.72. The molecule has 0 aliphatic carbocycles. The van der Waals surface area contributed by atoms with Crippen LogP contribution in [-0.2, 0) is 0 Å². The number of anilines is 2. The summed E-state index contributed by atoms with van der Waals surface area (Å²) in [6.45, 7) is 0.231. The zero-order valence-electron chi connectivity index (χ0n) is 20.0. The largest absolute Gasteiger partial charge is 0.472 e. The summed E-state index contributed by atoms with van der Waals surface area (Å²) in [6.07, 6.45) is 3.75. The fourth-order valence-electron chi connectivity index (χ4n) is 3.58. The number of aliphatic hydroxyl groups is 1. The molecule has 3 N–H and O–H groups in total. The minimum absolute atomic E-state index is 0.231. The van der Waals surface area contributed by atoms with Crippen molar-refractivity contribution < 1.29 is 19.1 Å². The van der Waals surface area contributed by atoms with Gasteiger partial charge in [0.1, 0.15) is 6.26 Å². The van der Waals surface area contributed by atoms with Crippen LogP contribution in [-0.4, -0.2) is 47.5 Å². The number of benzene rings is 2. The van der Waals surface area contributed by atoms with Crippen LogP contribution in [0.5, 0.6) is 0 Å². The molecule has 0 saturated heterocycles. The van der Waals surface area contributed by atoms with E-state index in [9.17, 15) is 14.7 Å². The van der Waals surface area contributed by atoms with Crippen LogP contribution in [0.1, 0.15) is 38.8 Å². The standard InChI is InChI=1S/C27H27N5O4/c1-32(2)27-29-16-22(24(31-27)18-7-4-3-5-8-18)26(35)28-13-11-23(33)19-9-6-10-21(15-19)30-25(34)20-12-14-36-17-20/h3-10,12,14-17,23,33H,11,13H2,1-2H3,(H,28,35)(H,30,34). The van der Waals surface area contributed by atoms with Gasteiger partial charge in [-0.1, -0.05) is 42.5 Å². The van der Waals surface area contributed by atoms with E-state index in [1.807, 2.05) is 44.4 Å². The highest BCUT2D eigenvalue weighted by atomic mass is 16.3. The molecule has 0 bridgehead atoms. The number of carbonyl (C=O) groups excluding carboxylic acids is 2. The van der Waals surface area contributed by atoms with Crippen molar-refractivity contribution in [2.75, 3.05) is 30.9 Å². The minimum Gasteiger partial charge on any atom is -0.472 e. The molecule has 0 aliphatic heterocycles. The number of furan rings is 1. The first-order valence-corrected chi connectivity index (χ1v) is 11.4. The van der Waals surface area contributed by atoms with Crippen molar-refractivity contribution in [3.63, 3.8) is 0 Å². The Hall–Kier alpha value is -4.50. The third-order valence-corrected chi connectivity index (χ3v) is 5.48. The van der Waals surface area contributed by atoms with E-state index in [0.717, 1.165) is 5.56 Å². The van der Waals surface area contributed by atoms with Gasteiger partial charge < -0.3 is 25.1 Å². The molecule has 2 heterocycles. The number of hydrogen-bond donors (Lipinski definition) is 3. The highest BCUT2D eigenvalue weighted by molar-refractivity contribution is 6.04. The van der Waals surface area contributed by atoms with Crippen LogP contribution in [0.2, 0.25) is 0 Å². The topological polar surface area (TPSA) is 121 Å². The lowest BCUT2D eigenvalue weighted by molar-refractivity contribution is 0.0941. The van der Waals surface area contributed by atoms with Gasteiger partial charge in [0.05, 0.1) is 29.2 Å². The Morgan fingerprint density at radius 2 is 1.86 bits per heavy atom. The van der Waals surface area contributed by atoms with Crippen LogP contribution in [0.15, 0.2) is 83.8 Å². The third-order valence-electron chi connectivity index (χ3n) is 5.48. The second-order valence-corrected chi connectivity index (χ2v) is 8.34. The molecule has 4 aromatic rings. The molecule has 2 aromatic carbocycles. The summed E-state index contributed by atoms with van der Waals surface area (Å²) in [4.78, 5) is 35.9. The molecule has 36 heavy (non-hydrogen) atoms. The van der Waals surface area contributed by atoms with Crippen LogP contribution in [0.25, 0.3) is 11.3 Å². The van der Waals surface area contributed by atoms with Gasteiger partial charge in [0.15, 0.2) is 0 Å². The number of nitrogens with zero attached hydrogens (tertiary/aromatic N) is 3. The van der Waals surface area contributed by atoms with Crippen LogP contribution >= 0.6 is 0 Å². The van der Waals surface area contributed by atoms with E-state index >= 15 is 0 Å². The highest BCUT2D eigenvalue weighted by Crippen LogP contribution is 2.24. The molecule has 0 spiro atoms. The van der Waals surface area contributed by atoms with E-state index in [1.165, 1.54) is 18.7 Å². The Morgan fingerprint density at radius 3 is 2.58 bits per heavy atom. The lowest BCUT2D eigenvalue weighted by Crippen LogP contribution is -2.27. The summed E-state index contributed by atoms with van der Waals surface area (Å²) >= 11 is 0. The number of hydrogen-bond acceptors (Lipinski definition) is 7. The lowest BCUT2D eigenvalue weighted by Gasteiger charge is -2.16. The zero-order chi connectivity index (χ0) is 25.5. The van der Waals surface area contributed by atoms with Crippen molar-refractivity contribution in [1.29, 1.82) is 0 Å². The van der Waals surface area contributed by atoms with Crippen molar-refractivity contribution in [3.8, 4) is 11.3 Å². The molecule has 2 amide bonds. The van der Waals surface area contributed by atoms with Gasteiger partial charge >= 0.3 is 0 Å². The molecule has 0 aliphatic rings. The van der Waals surface area contributed by atoms with Crippen molar-refractivity contribution in [2.45, 2.75) is 12.5 Å². The van der Waals surface area contributed by atoms with Crippen LogP contribution in [0, 0.1) is 0 Å². The van der Waals surface area contributed by atoms with Crippen LogP contribution in [0.3, 0.4) is 0 Å². The van der Waals surface area contributed by atoms with E-state index in [-0.39, 0.29) is 24.8 Å². The van der Waals surface area contributed by atoms with Crippen LogP contribution < -0.4 is 15.5 Å². The first-order chi connectivity index (χ1) is 17.4. The highest BCUT2D eigenvalue weighted by Gasteiger charge is 2.18. The van der Waals surface area contributed by atoms with Gasteiger partial charge in [0, 0.05) is 38.1 Å². The molecule has 1 unspecified atom stereocenters. The fraction of sp³-hybridized carbons (Fsp3) is 0.185. The maximum absolute atomic E-state index is 13.0. The van der Waals surface area contributed by atoms with Gasteiger partial charge in [0.25, 0.3) is 11.8 Å². The van der Waals surface area contributed by atoms with E-state index in [0.29, 0.717) is 34.0 Å². The zero-order valence-corrected chi connectivity index (χ0v) is 20.0. The summed E-state index contributed by atoms with van der Waals surface area (Å²) in [6, 6.07) is 18.0. The maximum atomic E-state index is 13.0. The smallest absolute Gasteiger partial charge is 0.258 e. The summed E-state index contributed by atoms with van der Waals surface area (Å²) in [7, 11) is 3.67. The summed E-state index contributed by atoms with van der Waals surface area (Å²) < 4.78 is 4.93. The Bertz CT molecular complexity index is 1320. The first kappa shape index (κ1) is 24.6. The monoisotopic (exact) mass is 485 g/mol. The minimum atomic E-state index is -0.836. The van der Waals surface area contributed by atoms with Gasteiger partial charge in [-0.2, -0.15) is 0 Å². The normalized spacial score (nSPS) is 11.5. The molecule has 9 heteroatoms. The molecule has 9 nitrogen and oxygen atoms in total. The van der Waals surface area contributed by atoms with Crippen LogP contribution in [0.4, 0.5) is 11.6 Å². The van der Waals surface area contributed by atoms with Gasteiger partial charge in [-0.25, -0.2) is 9.97 Å². The number of aliphatic hydroxyl groups excluding tert-OH is 1. The second kappa shape index (κ2) is 11.3. The van der Waals surface area contributed by atoms with Gasteiger partial charge in [-0.05, 0) is 30.2 Å². The van der Waals surface area contributed by atoms with E-state index < -0.39 is 6.10 Å². The Balaban J connectivity index is 1.40. The number of nitrogens with one attached hydrogen (secondary N) is 2. The van der Waals surface area contributed by atoms with E-state index in [2.05, 4.69) is 20.6 Å². The number of carbonyl (C=O) groups is 2. The molecule has 0 radical (unpaired) electrons. The molecule has 0 fully saturated rings. The van der Waals surface area contributed by atoms with Crippen molar-refractivity contribution in [3.05, 3.63) is 96.1 Å². The fourth-order valence-corrected chi connectivity index (χ4v) is 3.58. The van der Waals surface area contributed by atoms with Gasteiger partial charge in [-0.15, -0.1) is 0 Å². The molecular weight excluding hydrogens is 458 g/mol. The van der Waals surface area contributed by atoms with Crippen molar-refractivity contribution in [2.24, 2.45) is 0 Å². The molecule has 4 rings (SSSR count). The summed E-state index contributed by atoms with van der Waals surface area (Å²) in [5.74, 6) is -0.132. The maximum Gasteiger partial charge on any atom is 0.258 e. The van der Waals surface area contributed by atoms with Crippen molar-refractivity contribution in [1.82, 2.24) is 15.3 Å². The Labute approximate surface area is 208 Å². The molecule has 2 aromatic heterocycles. The number of rotatable bonds is 9. The number of amides is 2. The molecule has 0 saturated carbocycles. The predicted octanol–water partition coefficient (Wildman–Crippen LogP) is 3.91. The molecule has 1 atom stereocenters. The molecular formula is C27H27N5O4. The van der Waals surface area contributed by atoms with Gasteiger partial charge in [-0.3, -0.25) is 9.59 Å². The SMILES string of the molecule is CN(C)c1ncc(C(=O)NCCC(O)c2cccc(NC(=O)c3ccoc3)c2)c(-c2ccccc2)n1. The van der Waals surface area contributed by atoms with Crippen molar-refractivity contribution >= 4 is 23.5 Å². The summed E-state index contributed by atoms with van der Waals surface area (Å²) in [5.41, 5.74) is 3.27. The third kappa shape index (κ3) is 5.94. The number of aromatic nitrogens is 2. The predicted molar refractivity (Wildman–Crippen MR) is 137 cm³/mol. The van der Waals surface area contributed by atoms with E-state index in [4.69, 9.17) is 4.42 Å². The van der Waals surface area contributed by atoms with E-state index in [1.54, 1.807) is 35.2 Å². The lowest BCUT2D eigenvalue weighted by atomic mass is 10.0. The first-order valence-electron chi connectivity index (χ1n) is 11.4. The second-order valence-electron chi connectivity index (χ2n) is 8.34. The van der Waals surface area contributed by atoms with Gasteiger partial charge in [0.2, 0.25) is 5.95 Å². The quantitative estimate of drug-likeness (QED) is 0.329. The average molecular weight is 486 g/mol. The average Bonchev–Trinajstić information content (AvgIpc) is 3.44. The summed E-state index contributed by atoms with van der Waals surface area (Å²) in [5, 5.41) is 16.3. The molecule has 184 valence electrons.